The van der Waals surface area contributed by atoms with Gasteiger partial charge in [0.1, 0.15) is 0 Å². The molecule has 0 aromatic rings. The predicted molar refractivity (Wildman–Crippen MR) is 68.1 cm³/mol. The van der Waals surface area contributed by atoms with Gasteiger partial charge in [-0.3, -0.25) is 0 Å². The molecule has 0 fully saturated rings. The van der Waals surface area contributed by atoms with E-state index in [2.05, 4.69) is 27.0 Å². The molecule has 0 aliphatic heterocycles. The van der Waals surface area contributed by atoms with Crippen molar-refractivity contribution in [1.29, 1.82) is 0 Å². The first-order valence-electron chi connectivity index (χ1n) is 4.17. The maximum atomic E-state index is 3.68. The molecule has 0 N–H and O–H groups in total. The molecule has 0 bridgehead atoms. The Hall–Kier alpha value is -0.780. The van der Waals surface area contributed by atoms with Gasteiger partial charge in [-0.15, -0.1) is 0 Å². The predicted octanol–water partition coefficient (Wildman–Crippen LogP) is 5.24. The van der Waals surface area contributed by atoms with Crippen molar-refractivity contribution in [3.05, 3.63) is 37.0 Å². The van der Waals surface area contributed by atoms with Crippen LogP contribution < -0.4 is 0 Å². The van der Waals surface area contributed by atoms with Gasteiger partial charge in [-0.2, -0.15) is 0 Å². The van der Waals surface area contributed by atoms with E-state index in [1.165, 1.54) is 5.57 Å². The highest BCUT2D eigenvalue weighted by Gasteiger charge is 1.94. The third-order valence-electron chi connectivity index (χ3n) is 1.21. The van der Waals surface area contributed by atoms with E-state index in [4.69, 9.17) is 0 Å². The summed E-state index contributed by atoms with van der Waals surface area (Å²) >= 11 is 0. The van der Waals surface area contributed by atoms with Crippen LogP contribution in [0.5, 0.6) is 0 Å². The van der Waals surface area contributed by atoms with E-state index in [0.717, 1.165) is 0 Å². The van der Waals surface area contributed by atoms with Gasteiger partial charge in [0.2, 0.25) is 0 Å². The van der Waals surface area contributed by atoms with Gasteiger partial charge in [-0.25, -0.2) is 0 Å². The largest absolute Gasteiger partial charge is 0.0991 e. The summed E-state index contributed by atoms with van der Waals surface area (Å²) in [5.41, 5.74) is 1.24. The normalized spacial score (nSPS) is 8.54. The van der Waals surface area contributed by atoms with Crippen molar-refractivity contribution in [2.45, 2.75) is 42.5 Å². The first-order valence-corrected chi connectivity index (χ1v) is 4.17. The average Bonchev–Trinajstić information content (AvgIpc) is 2.03. The minimum Gasteiger partial charge on any atom is -0.0991 e. The van der Waals surface area contributed by atoms with Crippen LogP contribution in [0.4, 0.5) is 0 Å². The Bertz CT molecular complexity index is 127. The van der Waals surface area contributed by atoms with Crippen LogP contribution in [-0.4, -0.2) is 0 Å². The first-order chi connectivity index (χ1) is 5.22. The molecule has 0 aromatic carbocycles. The fourth-order valence-corrected chi connectivity index (χ4v) is 0.632. The number of hydrogen-bond donors (Lipinski definition) is 0. The van der Waals surface area contributed by atoms with Crippen molar-refractivity contribution in [2.24, 2.45) is 5.92 Å². The Morgan fingerprint density at radius 2 is 1.46 bits per heavy atom. The van der Waals surface area contributed by atoms with E-state index in [9.17, 15) is 0 Å². The van der Waals surface area contributed by atoms with Crippen LogP contribution >= 0.6 is 0 Å². The van der Waals surface area contributed by atoms with Crippen molar-refractivity contribution in [3.8, 4) is 0 Å². The zero-order valence-electron chi connectivity index (χ0n) is 8.22. The molecule has 0 aliphatic rings. The lowest BCUT2D eigenvalue weighted by Gasteiger charge is -2.02. The maximum absolute atomic E-state index is 3.68. The monoisotopic (exact) mass is 184 g/mol. The molecular formula is C13H28. The molecule has 0 aromatic heterocycles. The lowest BCUT2D eigenvalue weighted by atomic mass is 10.0. The molecule has 0 unspecified atom stereocenters. The number of hydrogen-bond acceptors (Lipinski definition) is 0. The molecular weight excluding hydrogens is 156 g/mol. The fraction of sp³-hybridized carbons (Fsp3) is 0.538. The van der Waals surface area contributed by atoms with Gasteiger partial charge in [-0.05, 0) is 11.5 Å². The van der Waals surface area contributed by atoms with Crippen molar-refractivity contribution in [2.75, 3.05) is 0 Å². The van der Waals surface area contributed by atoms with Gasteiger partial charge in [0.15, 0.2) is 0 Å². The molecule has 0 atom stereocenters. The Kier molecular flexibility index (Phi) is 30.4. The van der Waals surface area contributed by atoms with Crippen molar-refractivity contribution in [3.63, 3.8) is 0 Å². The van der Waals surface area contributed by atoms with Gasteiger partial charge in [0.05, 0.1) is 0 Å². The third-order valence-corrected chi connectivity index (χ3v) is 1.21. The Morgan fingerprint density at radius 1 is 1.08 bits per heavy atom. The fourth-order valence-electron chi connectivity index (χ4n) is 0.632. The van der Waals surface area contributed by atoms with Crippen molar-refractivity contribution >= 4 is 0 Å². The number of rotatable bonds is 3. The summed E-state index contributed by atoms with van der Waals surface area (Å²) < 4.78 is 0. The molecule has 0 heteroatoms. The van der Waals surface area contributed by atoms with Gasteiger partial charge >= 0.3 is 0 Å². The van der Waals surface area contributed by atoms with E-state index in [-0.39, 0.29) is 14.9 Å². The van der Waals surface area contributed by atoms with E-state index >= 15 is 0 Å². The van der Waals surface area contributed by atoms with Crippen LogP contribution in [0, 0.1) is 5.92 Å². The van der Waals surface area contributed by atoms with Gasteiger partial charge < -0.3 is 0 Å². The second-order valence-electron chi connectivity index (χ2n) is 2.26. The van der Waals surface area contributed by atoms with Crippen LogP contribution in [0.1, 0.15) is 42.5 Å². The van der Waals surface area contributed by atoms with Gasteiger partial charge in [0, 0.05) is 0 Å². The van der Waals surface area contributed by atoms with Crippen LogP contribution in [0.25, 0.3) is 0 Å². The molecule has 13 heavy (non-hydrogen) atoms. The second kappa shape index (κ2) is 17.3. The van der Waals surface area contributed by atoms with Crippen LogP contribution in [-0.2, 0) is 0 Å². The SMILES string of the molecule is C.C.C=C/C=C(\C=C)C(C)C.CC. The Balaban J connectivity index is -0.0000000941. The third kappa shape index (κ3) is 14.1. The second-order valence-corrected chi connectivity index (χ2v) is 2.26. The molecule has 0 nitrogen and oxygen atoms in total. The highest BCUT2D eigenvalue weighted by Crippen LogP contribution is 2.09. The van der Waals surface area contributed by atoms with Crippen LogP contribution in [0.2, 0.25) is 0 Å². The topological polar surface area (TPSA) is 0 Å². The zero-order chi connectivity index (χ0) is 9.28. The smallest absolute Gasteiger partial charge is 0.0219 e. The Labute approximate surface area is 86.1 Å². The standard InChI is InChI=1S/C9H14.C2H6.2CH4/c1-5-7-9(6-2)8(3)4;1-2;;/h5-8H,1-2H2,3-4H3;1-2H3;2*1H4/b9-7+;;;. The lowest BCUT2D eigenvalue weighted by Crippen LogP contribution is -1.87. The quantitative estimate of drug-likeness (QED) is 0.526. The molecule has 0 saturated heterocycles. The van der Waals surface area contributed by atoms with Gasteiger partial charge in [-0.1, -0.05) is 73.9 Å². The minimum absolute atomic E-state index is 0. The van der Waals surface area contributed by atoms with Crippen LogP contribution in [0.3, 0.4) is 0 Å². The lowest BCUT2D eigenvalue weighted by molar-refractivity contribution is 0.792. The first kappa shape index (κ1) is 22.8. The summed E-state index contributed by atoms with van der Waals surface area (Å²) in [5, 5.41) is 0. The number of allylic oxidation sites excluding steroid dienone is 4. The molecule has 0 aliphatic carbocycles. The molecule has 80 valence electrons. The summed E-state index contributed by atoms with van der Waals surface area (Å²) in [6, 6.07) is 0. The molecule has 0 radical (unpaired) electrons. The summed E-state index contributed by atoms with van der Waals surface area (Å²) in [5.74, 6) is 0.556. The average molecular weight is 184 g/mol. The maximum Gasteiger partial charge on any atom is -0.0219 e. The summed E-state index contributed by atoms with van der Waals surface area (Å²) in [4.78, 5) is 0. The van der Waals surface area contributed by atoms with Crippen LogP contribution in [0.15, 0.2) is 37.0 Å². The summed E-state index contributed by atoms with van der Waals surface area (Å²) in [7, 11) is 0. The minimum atomic E-state index is 0. The molecule has 0 amide bonds. The van der Waals surface area contributed by atoms with E-state index in [1.54, 1.807) is 6.08 Å². The molecule has 0 rings (SSSR count). The van der Waals surface area contributed by atoms with Gasteiger partial charge in [0.25, 0.3) is 0 Å². The molecule has 0 saturated carbocycles. The summed E-state index contributed by atoms with van der Waals surface area (Å²) in [6.07, 6.45) is 5.64. The molecule has 0 heterocycles. The highest BCUT2D eigenvalue weighted by atomic mass is 14.0. The van der Waals surface area contributed by atoms with Crippen molar-refractivity contribution < 1.29 is 0 Å². The van der Waals surface area contributed by atoms with Crippen molar-refractivity contribution in [1.82, 2.24) is 0 Å². The van der Waals surface area contributed by atoms with E-state index in [1.807, 2.05) is 26.0 Å². The molecule has 0 spiro atoms. The highest BCUT2D eigenvalue weighted by molar-refractivity contribution is 5.22. The Morgan fingerprint density at radius 3 is 1.54 bits per heavy atom. The zero-order valence-corrected chi connectivity index (χ0v) is 8.22. The summed E-state index contributed by atoms with van der Waals surface area (Å²) in [6.45, 7) is 15.6. The van der Waals surface area contributed by atoms with E-state index in [0.29, 0.717) is 5.92 Å². The van der Waals surface area contributed by atoms with E-state index < -0.39 is 0 Å².